The van der Waals surface area contributed by atoms with E-state index in [-0.39, 0.29) is 0 Å². The molecule has 0 unspecified atom stereocenters. The lowest BCUT2D eigenvalue weighted by atomic mass is 10.1. The molecule has 0 spiro atoms. The van der Waals surface area contributed by atoms with Crippen LogP contribution in [0.3, 0.4) is 0 Å². The maximum atomic E-state index is 5.77. The molecule has 2 aromatic carbocycles. The number of anilines is 1. The van der Waals surface area contributed by atoms with Crippen LogP contribution in [0.2, 0.25) is 0 Å². The zero-order valence-corrected chi connectivity index (χ0v) is 11.9. The lowest BCUT2D eigenvalue weighted by molar-refractivity contribution is 0.332. The summed E-state index contributed by atoms with van der Waals surface area (Å²) in [6.07, 6.45) is 0. The number of ether oxygens (including phenoxy) is 1. The molecule has 0 aliphatic heterocycles. The van der Waals surface area contributed by atoms with Gasteiger partial charge in [-0.15, -0.1) is 0 Å². The Balaban J connectivity index is 1.82. The van der Waals surface area contributed by atoms with E-state index in [1.807, 2.05) is 12.1 Å². The summed E-state index contributed by atoms with van der Waals surface area (Å²) in [5.74, 6) is 0.948. The maximum Gasteiger partial charge on any atom is 0.119 e. The van der Waals surface area contributed by atoms with Gasteiger partial charge in [-0.3, -0.25) is 0 Å². The van der Waals surface area contributed by atoms with E-state index in [9.17, 15) is 0 Å². The Hall–Kier alpha value is -1.96. The van der Waals surface area contributed by atoms with Gasteiger partial charge in [0.1, 0.15) is 12.4 Å². The van der Waals surface area contributed by atoms with E-state index in [1.54, 1.807) is 0 Å². The minimum atomic E-state index is 0.664. The lowest BCUT2D eigenvalue weighted by Gasteiger charge is -2.11. The minimum Gasteiger partial charge on any atom is -0.492 e. The quantitative estimate of drug-likeness (QED) is 0.812. The highest BCUT2D eigenvalue weighted by Crippen LogP contribution is 2.16. The molecule has 100 valence electrons. The van der Waals surface area contributed by atoms with Crippen molar-refractivity contribution in [3.63, 3.8) is 0 Å². The zero-order chi connectivity index (χ0) is 13.7. The highest BCUT2D eigenvalue weighted by Gasteiger charge is 1.98. The first-order valence-electron chi connectivity index (χ1n) is 6.66. The van der Waals surface area contributed by atoms with Crippen molar-refractivity contribution in [3.05, 3.63) is 59.2 Å². The highest BCUT2D eigenvalue weighted by atomic mass is 16.5. The highest BCUT2D eigenvalue weighted by molar-refractivity contribution is 5.50. The molecule has 0 fully saturated rings. The molecule has 0 bridgehead atoms. The van der Waals surface area contributed by atoms with Gasteiger partial charge in [-0.1, -0.05) is 24.3 Å². The number of benzene rings is 2. The summed E-state index contributed by atoms with van der Waals surface area (Å²) >= 11 is 0. The number of aryl methyl sites for hydroxylation is 3. The van der Waals surface area contributed by atoms with Crippen LogP contribution in [-0.2, 0) is 0 Å². The topological polar surface area (TPSA) is 21.3 Å². The average Bonchev–Trinajstić information content (AvgIpc) is 2.35. The molecule has 0 heterocycles. The van der Waals surface area contributed by atoms with E-state index in [0.29, 0.717) is 6.61 Å². The van der Waals surface area contributed by atoms with Gasteiger partial charge in [0.25, 0.3) is 0 Å². The fraction of sp³-hybridized carbons (Fsp3) is 0.294. The first-order chi connectivity index (χ1) is 9.15. The van der Waals surface area contributed by atoms with Crippen molar-refractivity contribution in [2.45, 2.75) is 20.8 Å². The van der Waals surface area contributed by atoms with E-state index in [0.717, 1.165) is 12.3 Å². The molecule has 0 saturated carbocycles. The molecule has 0 amide bonds. The third-order valence-electron chi connectivity index (χ3n) is 3.03. The summed E-state index contributed by atoms with van der Waals surface area (Å²) in [4.78, 5) is 0. The summed E-state index contributed by atoms with van der Waals surface area (Å²) in [6.45, 7) is 7.75. The molecule has 0 atom stereocenters. The van der Waals surface area contributed by atoms with Crippen molar-refractivity contribution in [2.24, 2.45) is 0 Å². The summed E-state index contributed by atoms with van der Waals surface area (Å²) in [5.41, 5.74) is 4.91. The second-order valence-electron chi connectivity index (χ2n) is 4.91. The van der Waals surface area contributed by atoms with Crippen LogP contribution in [0.4, 0.5) is 5.69 Å². The summed E-state index contributed by atoms with van der Waals surface area (Å²) in [5, 5.41) is 3.39. The van der Waals surface area contributed by atoms with Gasteiger partial charge in [0.2, 0.25) is 0 Å². The van der Waals surface area contributed by atoms with Gasteiger partial charge in [0.15, 0.2) is 0 Å². The van der Waals surface area contributed by atoms with Gasteiger partial charge in [0.05, 0.1) is 0 Å². The van der Waals surface area contributed by atoms with Crippen molar-refractivity contribution >= 4 is 5.69 Å². The number of hydrogen-bond donors (Lipinski definition) is 1. The van der Waals surface area contributed by atoms with Gasteiger partial charge >= 0.3 is 0 Å². The van der Waals surface area contributed by atoms with Crippen molar-refractivity contribution in [1.82, 2.24) is 0 Å². The molecular formula is C17H21NO. The molecule has 0 saturated heterocycles. The van der Waals surface area contributed by atoms with Gasteiger partial charge in [-0.25, -0.2) is 0 Å². The second kappa shape index (κ2) is 6.28. The monoisotopic (exact) mass is 255 g/mol. The molecule has 0 aromatic heterocycles. The number of hydrogen-bond acceptors (Lipinski definition) is 2. The Kier molecular flexibility index (Phi) is 4.45. The van der Waals surface area contributed by atoms with E-state index < -0.39 is 0 Å². The van der Waals surface area contributed by atoms with Crippen LogP contribution < -0.4 is 10.1 Å². The van der Waals surface area contributed by atoms with Crippen LogP contribution in [0.25, 0.3) is 0 Å². The summed E-state index contributed by atoms with van der Waals surface area (Å²) in [6, 6.07) is 14.6. The third-order valence-corrected chi connectivity index (χ3v) is 3.03. The second-order valence-corrected chi connectivity index (χ2v) is 4.91. The smallest absolute Gasteiger partial charge is 0.119 e. The molecule has 1 N–H and O–H groups in total. The van der Waals surface area contributed by atoms with Crippen LogP contribution in [-0.4, -0.2) is 13.2 Å². The normalized spacial score (nSPS) is 10.3. The first-order valence-corrected chi connectivity index (χ1v) is 6.66. The van der Waals surface area contributed by atoms with Crippen LogP contribution in [0.5, 0.6) is 5.75 Å². The number of para-hydroxylation sites is 1. The Labute approximate surface area is 115 Å². The predicted octanol–water partition coefficient (Wildman–Crippen LogP) is 4.10. The van der Waals surface area contributed by atoms with Crippen LogP contribution >= 0.6 is 0 Å². The lowest BCUT2D eigenvalue weighted by Crippen LogP contribution is -2.12. The molecule has 0 aliphatic rings. The third kappa shape index (κ3) is 4.02. The molecule has 2 heteroatoms. The molecule has 0 radical (unpaired) electrons. The first kappa shape index (κ1) is 13.5. The molecule has 2 rings (SSSR count). The standard InChI is InChI=1S/C17H21NO/c1-13-10-14(2)12-16(11-13)19-9-8-18-17-7-5-4-6-15(17)3/h4-7,10-12,18H,8-9H2,1-3H3. The van der Waals surface area contributed by atoms with Crippen LogP contribution in [0.1, 0.15) is 16.7 Å². The number of nitrogens with one attached hydrogen (secondary N) is 1. The fourth-order valence-electron chi connectivity index (χ4n) is 2.14. The Morgan fingerprint density at radius 1 is 0.947 bits per heavy atom. The van der Waals surface area contributed by atoms with E-state index in [2.05, 4.69) is 56.4 Å². The van der Waals surface area contributed by atoms with Gasteiger partial charge < -0.3 is 10.1 Å². The predicted molar refractivity (Wildman–Crippen MR) is 81.1 cm³/mol. The van der Waals surface area contributed by atoms with Crippen LogP contribution in [0.15, 0.2) is 42.5 Å². The van der Waals surface area contributed by atoms with E-state index >= 15 is 0 Å². The average molecular weight is 255 g/mol. The Morgan fingerprint density at radius 2 is 1.63 bits per heavy atom. The molecular weight excluding hydrogens is 234 g/mol. The van der Waals surface area contributed by atoms with Gasteiger partial charge in [-0.2, -0.15) is 0 Å². The fourth-order valence-corrected chi connectivity index (χ4v) is 2.14. The zero-order valence-electron chi connectivity index (χ0n) is 11.9. The largest absolute Gasteiger partial charge is 0.492 e. The van der Waals surface area contributed by atoms with Crippen molar-refractivity contribution in [3.8, 4) is 5.75 Å². The van der Waals surface area contributed by atoms with Gasteiger partial charge in [-0.05, 0) is 55.7 Å². The summed E-state index contributed by atoms with van der Waals surface area (Å²) in [7, 11) is 0. The van der Waals surface area contributed by atoms with Crippen molar-refractivity contribution in [2.75, 3.05) is 18.5 Å². The molecule has 2 aromatic rings. The molecule has 0 aliphatic carbocycles. The Bertz CT molecular complexity index is 528. The van der Waals surface area contributed by atoms with Crippen LogP contribution in [0, 0.1) is 20.8 Å². The number of rotatable bonds is 5. The minimum absolute atomic E-state index is 0.664. The Morgan fingerprint density at radius 3 is 2.32 bits per heavy atom. The van der Waals surface area contributed by atoms with Gasteiger partial charge in [0, 0.05) is 12.2 Å². The SMILES string of the molecule is Cc1cc(C)cc(OCCNc2ccccc2C)c1. The van der Waals surface area contributed by atoms with E-state index in [4.69, 9.17) is 4.74 Å². The summed E-state index contributed by atoms with van der Waals surface area (Å²) < 4.78 is 5.77. The van der Waals surface area contributed by atoms with Crippen molar-refractivity contribution in [1.29, 1.82) is 0 Å². The van der Waals surface area contributed by atoms with Crippen molar-refractivity contribution < 1.29 is 4.74 Å². The molecule has 2 nitrogen and oxygen atoms in total. The molecule has 19 heavy (non-hydrogen) atoms. The van der Waals surface area contributed by atoms with E-state index in [1.165, 1.54) is 22.4 Å². The maximum absolute atomic E-state index is 5.77.